The first-order chi connectivity index (χ1) is 10.1. The van der Waals surface area contributed by atoms with Crippen molar-refractivity contribution in [3.63, 3.8) is 0 Å². The minimum atomic E-state index is -0.0742. The van der Waals surface area contributed by atoms with Crippen molar-refractivity contribution in [2.45, 2.75) is 64.7 Å². The van der Waals surface area contributed by atoms with Crippen LogP contribution in [0, 0.1) is 12.8 Å². The van der Waals surface area contributed by atoms with Crippen LogP contribution in [0.1, 0.15) is 56.8 Å². The number of nitrogens with one attached hydrogen (secondary N) is 1. The Kier molecular flexibility index (Phi) is 4.03. The Balaban J connectivity index is 1.86. The normalized spacial score (nSPS) is 33.5. The highest BCUT2D eigenvalue weighted by Gasteiger charge is 2.41. The van der Waals surface area contributed by atoms with Crippen LogP contribution < -0.4 is 5.32 Å². The van der Waals surface area contributed by atoms with Gasteiger partial charge in [-0.25, -0.2) is 0 Å². The van der Waals surface area contributed by atoms with Gasteiger partial charge in [0, 0.05) is 6.04 Å². The molecule has 1 heterocycles. The van der Waals surface area contributed by atoms with E-state index in [1.165, 1.54) is 24.0 Å². The van der Waals surface area contributed by atoms with Crippen molar-refractivity contribution in [3.05, 3.63) is 35.4 Å². The number of aryl methyl sites for hydroxylation is 1. The van der Waals surface area contributed by atoms with Crippen molar-refractivity contribution in [3.8, 4) is 0 Å². The van der Waals surface area contributed by atoms with Crippen LogP contribution in [0.5, 0.6) is 0 Å². The molecule has 21 heavy (non-hydrogen) atoms. The van der Waals surface area contributed by atoms with Gasteiger partial charge in [0.05, 0.1) is 6.04 Å². The average Bonchev–Trinajstić information content (AvgIpc) is 2.76. The maximum Gasteiger partial charge on any atom is 0.241 e. The minimum Gasteiger partial charge on any atom is -0.319 e. The summed E-state index contributed by atoms with van der Waals surface area (Å²) in [7, 11) is 0. The van der Waals surface area contributed by atoms with Gasteiger partial charge in [0.15, 0.2) is 0 Å². The summed E-state index contributed by atoms with van der Waals surface area (Å²) in [6.07, 6.45) is 4.81. The number of hydrogen-bond donors (Lipinski definition) is 1. The molecule has 2 unspecified atom stereocenters. The quantitative estimate of drug-likeness (QED) is 0.904. The summed E-state index contributed by atoms with van der Waals surface area (Å²) >= 11 is 0. The Bertz CT molecular complexity index is 520. The monoisotopic (exact) mass is 286 g/mol. The van der Waals surface area contributed by atoms with Gasteiger partial charge in [0.1, 0.15) is 6.17 Å². The first-order valence-corrected chi connectivity index (χ1v) is 8.21. The smallest absolute Gasteiger partial charge is 0.241 e. The lowest BCUT2D eigenvalue weighted by molar-refractivity contribution is -0.133. The molecule has 2 fully saturated rings. The predicted molar refractivity (Wildman–Crippen MR) is 84.8 cm³/mol. The van der Waals surface area contributed by atoms with Crippen molar-refractivity contribution < 1.29 is 4.79 Å². The molecule has 1 aliphatic heterocycles. The second-order valence-corrected chi connectivity index (χ2v) is 6.86. The number of hydrogen-bond acceptors (Lipinski definition) is 2. The van der Waals surface area contributed by atoms with Gasteiger partial charge in [-0.2, -0.15) is 0 Å². The first kappa shape index (κ1) is 14.6. The molecule has 1 amide bonds. The lowest BCUT2D eigenvalue weighted by Gasteiger charge is -2.37. The lowest BCUT2D eigenvalue weighted by Crippen LogP contribution is -2.42. The fourth-order valence-electron chi connectivity index (χ4n) is 3.75. The van der Waals surface area contributed by atoms with E-state index >= 15 is 0 Å². The van der Waals surface area contributed by atoms with Crippen molar-refractivity contribution in [1.82, 2.24) is 10.2 Å². The van der Waals surface area contributed by atoms with E-state index in [-0.39, 0.29) is 18.1 Å². The van der Waals surface area contributed by atoms with Crippen LogP contribution in [0.4, 0.5) is 0 Å². The molecule has 1 saturated heterocycles. The molecule has 1 saturated carbocycles. The Hall–Kier alpha value is -1.35. The molecule has 0 radical (unpaired) electrons. The number of nitrogens with zero attached hydrogens (tertiary/aromatic N) is 1. The van der Waals surface area contributed by atoms with Gasteiger partial charge in [0.25, 0.3) is 0 Å². The summed E-state index contributed by atoms with van der Waals surface area (Å²) in [5.74, 6) is 1.07. The van der Waals surface area contributed by atoms with Gasteiger partial charge < -0.3 is 4.90 Å². The Morgan fingerprint density at radius 3 is 2.52 bits per heavy atom. The zero-order chi connectivity index (χ0) is 15.0. The van der Waals surface area contributed by atoms with Crippen molar-refractivity contribution in [1.29, 1.82) is 0 Å². The largest absolute Gasteiger partial charge is 0.319 e. The summed E-state index contributed by atoms with van der Waals surface area (Å²) in [4.78, 5) is 14.7. The lowest BCUT2D eigenvalue weighted by atomic mass is 9.86. The van der Waals surface area contributed by atoms with Crippen LogP contribution in [0.15, 0.2) is 24.3 Å². The molecule has 0 aromatic heterocycles. The van der Waals surface area contributed by atoms with Crippen LogP contribution in [0.3, 0.4) is 0 Å². The van der Waals surface area contributed by atoms with E-state index < -0.39 is 0 Å². The SMILES string of the molecule is Cc1cccc(C2NC(C)C(=O)N2C2CCC(C)CC2)c1. The summed E-state index contributed by atoms with van der Waals surface area (Å²) in [6, 6.07) is 8.85. The Morgan fingerprint density at radius 2 is 1.86 bits per heavy atom. The zero-order valence-corrected chi connectivity index (χ0v) is 13.3. The van der Waals surface area contributed by atoms with E-state index in [4.69, 9.17) is 0 Å². The van der Waals surface area contributed by atoms with E-state index in [9.17, 15) is 4.79 Å². The Labute approximate surface area is 127 Å². The third-order valence-corrected chi connectivity index (χ3v) is 5.05. The average molecular weight is 286 g/mol. The van der Waals surface area contributed by atoms with Crippen molar-refractivity contribution in [2.75, 3.05) is 0 Å². The zero-order valence-electron chi connectivity index (χ0n) is 13.3. The van der Waals surface area contributed by atoms with Gasteiger partial charge in [-0.3, -0.25) is 10.1 Å². The molecule has 1 N–H and O–H groups in total. The molecule has 1 aromatic carbocycles. The maximum absolute atomic E-state index is 12.6. The van der Waals surface area contributed by atoms with Crippen LogP contribution in [0.25, 0.3) is 0 Å². The minimum absolute atomic E-state index is 0.0470. The molecule has 3 rings (SSSR count). The third kappa shape index (κ3) is 2.84. The molecule has 3 heteroatoms. The molecule has 0 bridgehead atoms. The fraction of sp³-hybridized carbons (Fsp3) is 0.611. The Morgan fingerprint density at radius 1 is 1.14 bits per heavy atom. The highest BCUT2D eigenvalue weighted by atomic mass is 16.2. The predicted octanol–water partition coefficient (Wildman–Crippen LogP) is 3.39. The molecule has 3 nitrogen and oxygen atoms in total. The van der Waals surface area contributed by atoms with Gasteiger partial charge in [0.2, 0.25) is 5.91 Å². The van der Waals surface area contributed by atoms with E-state index in [0.29, 0.717) is 6.04 Å². The number of carbonyl (C=O) groups excluding carboxylic acids is 1. The van der Waals surface area contributed by atoms with Gasteiger partial charge >= 0.3 is 0 Å². The van der Waals surface area contributed by atoms with Crippen molar-refractivity contribution in [2.24, 2.45) is 5.92 Å². The molecule has 1 aliphatic carbocycles. The number of benzene rings is 1. The van der Waals surface area contributed by atoms with E-state index in [2.05, 4.69) is 48.3 Å². The second-order valence-electron chi connectivity index (χ2n) is 6.86. The highest BCUT2D eigenvalue weighted by Crippen LogP contribution is 2.35. The van der Waals surface area contributed by atoms with Crippen LogP contribution in [-0.4, -0.2) is 22.9 Å². The van der Waals surface area contributed by atoms with E-state index in [1.807, 2.05) is 6.92 Å². The van der Waals surface area contributed by atoms with Gasteiger partial charge in [-0.15, -0.1) is 0 Å². The number of amides is 1. The summed E-state index contributed by atoms with van der Waals surface area (Å²) in [6.45, 7) is 6.41. The standard InChI is InChI=1S/C18H26N2O/c1-12-7-9-16(10-8-12)20-17(19-14(3)18(20)21)15-6-4-5-13(2)11-15/h4-6,11-12,14,16-17,19H,7-10H2,1-3H3. The van der Waals surface area contributed by atoms with Gasteiger partial charge in [-0.1, -0.05) is 36.8 Å². The van der Waals surface area contributed by atoms with Crippen LogP contribution >= 0.6 is 0 Å². The van der Waals surface area contributed by atoms with Crippen molar-refractivity contribution >= 4 is 5.91 Å². The fourth-order valence-corrected chi connectivity index (χ4v) is 3.75. The molecule has 2 aliphatic rings. The summed E-state index contributed by atoms with van der Waals surface area (Å²) in [5.41, 5.74) is 2.46. The third-order valence-electron chi connectivity index (χ3n) is 5.05. The van der Waals surface area contributed by atoms with Gasteiger partial charge in [-0.05, 0) is 51.0 Å². The van der Waals surface area contributed by atoms with Crippen LogP contribution in [-0.2, 0) is 4.79 Å². The highest BCUT2D eigenvalue weighted by molar-refractivity contribution is 5.84. The molecule has 0 spiro atoms. The van der Waals surface area contributed by atoms with E-state index in [1.54, 1.807) is 0 Å². The molecule has 2 atom stereocenters. The summed E-state index contributed by atoms with van der Waals surface area (Å²) < 4.78 is 0. The second kappa shape index (κ2) is 5.80. The first-order valence-electron chi connectivity index (χ1n) is 8.21. The van der Waals surface area contributed by atoms with Crippen LogP contribution in [0.2, 0.25) is 0 Å². The van der Waals surface area contributed by atoms with E-state index in [0.717, 1.165) is 18.8 Å². The molecule has 114 valence electrons. The molecular formula is C18H26N2O. The number of rotatable bonds is 2. The number of carbonyl (C=O) groups is 1. The maximum atomic E-state index is 12.6. The molecular weight excluding hydrogens is 260 g/mol. The molecule has 1 aromatic rings. The topological polar surface area (TPSA) is 32.3 Å². The summed E-state index contributed by atoms with van der Waals surface area (Å²) in [5, 5.41) is 3.48.